The topological polar surface area (TPSA) is 100 Å². The fourth-order valence-electron chi connectivity index (χ4n) is 4.65. The van der Waals surface area contributed by atoms with E-state index in [1.54, 1.807) is 5.06 Å². The summed E-state index contributed by atoms with van der Waals surface area (Å²) in [5.74, 6) is 0.651. The number of anilines is 2. The molecule has 31 heavy (non-hydrogen) atoms. The summed E-state index contributed by atoms with van der Waals surface area (Å²) < 4.78 is 5.98. The Kier molecular flexibility index (Phi) is 4.93. The fraction of sp³-hybridized carbons (Fsp3) is 0.524. The summed E-state index contributed by atoms with van der Waals surface area (Å²) in [7, 11) is 0. The Hall–Kier alpha value is -2.59. The highest BCUT2D eigenvalue weighted by atomic mass is 32.2. The second-order valence-electron chi connectivity index (χ2n) is 8.95. The number of amides is 1. The van der Waals surface area contributed by atoms with Gasteiger partial charge in [-0.3, -0.25) is 9.59 Å². The van der Waals surface area contributed by atoms with Gasteiger partial charge in [-0.25, -0.2) is 0 Å². The zero-order valence-corrected chi connectivity index (χ0v) is 18.5. The van der Waals surface area contributed by atoms with Gasteiger partial charge in [-0.15, -0.1) is 0 Å². The number of nitrogens with two attached hydrogens (primary N) is 1. The molecule has 1 aromatic rings. The summed E-state index contributed by atoms with van der Waals surface area (Å²) in [6, 6.07) is 6.36. The van der Waals surface area contributed by atoms with Gasteiger partial charge in [-0.05, 0) is 32.4 Å². The molecule has 0 bridgehead atoms. The Bertz CT molecular complexity index is 952. The lowest BCUT2D eigenvalue weighted by Gasteiger charge is -2.40. The SMILES string of the molecule is CC1(C)CC2=C(SC(N3CCOc4cc(N5CCC(N)C5)ccc43)N2OC=O)C(=O)N1. The van der Waals surface area contributed by atoms with Gasteiger partial charge >= 0.3 is 6.47 Å². The molecule has 9 nitrogen and oxygen atoms in total. The van der Waals surface area contributed by atoms with E-state index in [-0.39, 0.29) is 17.4 Å². The van der Waals surface area contributed by atoms with E-state index < -0.39 is 5.54 Å². The summed E-state index contributed by atoms with van der Waals surface area (Å²) in [6.07, 6.45) is 1.56. The van der Waals surface area contributed by atoms with Crippen LogP contribution in [0.15, 0.2) is 28.8 Å². The second-order valence-corrected chi connectivity index (χ2v) is 10.0. The van der Waals surface area contributed by atoms with E-state index in [0.717, 1.165) is 42.3 Å². The molecule has 3 N–H and O–H groups in total. The molecule has 0 saturated carbocycles. The van der Waals surface area contributed by atoms with Crippen molar-refractivity contribution in [2.24, 2.45) is 5.73 Å². The number of hydrogen-bond donors (Lipinski definition) is 2. The largest absolute Gasteiger partial charge is 0.489 e. The minimum absolute atomic E-state index is 0.132. The molecule has 2 unspecified atom stereocenters. The summed E-state index contributed by atoms with van der Waals surface area (Å²) in [5, 5.41) is 4.61. The van der Waals surface area contributed by atoms with Crippen LogP contribution >= 0.6 is 11.8 Å². The third-order valence-corrected chi connectivity index (χ3v) is 7.39. The van der Waals surface area contributed by atoms with E-state index >= 15 is 0 Å². The lowest BCUT2D eigenvalue weighted by atomic mass is 9.94. The molecule has 1 fully saturated rings. The van der Waals surface area contributed by atoms with E-state index in [1.165, 1.54) is 11.8 Å². The van der Waals surface area contributed by atoms with Gasteiger partial charge < -0.3 is 30.4 Å². The van der Waals surface area contributed by atoms with E-state index in [9.17, 15) is 9.59 Å². The molecule has 0 spiro atoms. The van der Waals surface area contributed by atoms with Crippen LogP contribution in [0.1, 0.15) is 26.7 Å². The number of carbonyl (C=O) groups is 2. The molecular weight excluding hydrogens is 418 g/mol. The smallest absolute Gasteiger partial charge is 0.320 e. The molecule has 5 rings (SSSR count). The number of carbonyl (C=O) groups excluding carboxylic acids is 2. The van der Waals surface area contributed by atoms with E-state index in [0.29, 0.717) is 30.9 Å². The van der Waals surface area contributed by atoms with Crippen molar-refractivity contribution in [1.82, 2.24) is 10.4 Å². The molecule has 166 valence electrons. The van der Waals surface area contributed by atoms with Gasteiger partial charge in [-0.2, -0.15) is 5.06 Å². The summed E-state index contributed by atoms with van der Waals surface area (Å²) in [6.45, 7) is 7.23. The number of ether oxygens (including phenoxy) is 1. The average molecular weight is 446 g/mol. The molecule has 0 aromatic heterocycles. The average Bonchev–Trinajstić information content (AvgIpc) is 3.31. The molecule has 4 aliphatic rings. The van der Waals surface area contributed by atoms with Crippen LogP contribution in [0.3, 0.4) is 0 Å². The number of hydroxylamine groups is 2. The maximum atomic E-state index is 12.7. The Morgan fingerprint density at radius 2 is 2.19 bits per heavy atom. The molecule has 4 heterocycles. The van der Waals surface area contributed by atoms with Crippen molar-refractivity contribution in [2.75, 3.05) is 36.0 Å². The summed E-state index contributed by atoms with van der Waals surface area (Å²) >= 11 is 1.40. The van der Waals surface area contributed by atoms with Crippen LogP contribution in [-0.4, -0.2) is 60.8 Å². The predicted molar refractivity (Wildman–Crippen MR) is 118 cm³/mol. The van der Waals surface area contributed by atoms with Crippen LogP contribution in [0.25, 0.3) is 0 Å². The van der Waals surface area contributed by atoms with Crippen LogP contribution in [0, 0.1) is 0 Å². The van der Waals surface area contributed by atoms with Crippen molar-refractivity contribution < 1.29 is 19.2 Å². The van der Waals surface area contributed by atoms with Gasteiger partial charge in [0.25, 0.3) is 5.91 Å². The first-order chi connectivity index (χ1) is 14.9. The lowest BCUT2D eigenvalue weighted by molar-refractivity contribution is -0.168. The van der Waals surface area contributed by atoms with Crippen LogP contribution in [0.2, 0.25) is 0 Å². The van der Waals surface area contributed by atoms with Gasteiger partial charge in [0.2, 0.25) is 0 Å². The van der Waals surface area contributed by atoms with Gasteiger partial charge in [-0.1, -0.05) is 11.8 Å². The number of rotatable bonds is 4. The first-order valence-corrected chi connectivity index (χ1v) is 11.4. The Labute approximate surface area is 185 Å². The number of benzene rings is 1. The number of nitrogens with one attached hydrogen (secondary N) is 1. The Balaban J connectivity index is 1.45. The number of thioether (sulfide) groups is 1. The van der Waals surface area contributed by atoms with Gasteiger partial charge in [0.15, 0.2) is 5.50 Å². The molecular formula is C21H27N5O4S. The predicted octanol–water partition coefficient (Wildman–Crippen LogP) is 1.35. The van der Waals surface area contributed by atoms with Crippen molar-refractivity contribution in [3.63, 3.8) is 0 Å². The van der Waals surface area contributed by atoms with Gasteiger partial charge in [0.1, 0.15) is 12.4 Å². The highest BCUT2D eigenvalue weighted by molar-refractivity contribution is 8.04. The van der Waals surface area contributed by atoms with Crippen molar-refractivity contribution in [3.8, 4) is 5.75 Å². The quantitative estimate of drug-likeness (QED) is 0.665. The zero-order chi connectivity index (χ0) is 21.8. The van der Waals surface area contributed by atoms with Gasteiger partial charge in [0, 0.05) is 42.8 Å². The van der Waals surface area contributed by atoms with Crippen LogP contribution in [0.5, 0.6) is 5.75 Å². The monoisotopic (exact) mass is 445 g/mol. The molecule has 0 radical (unpaired) electrons. The fourth-order valence-corrected chi connectivity index (χ4v) is 5.94. The normalized spacial score (nSPS) is 26.9. The van der Waals surface area contributed by atoms with E-state index in [2.05, 4.69) is 21.2 Å². The first-order valence-electron chi connectivity index (χ1n) is 10.5. The van der Waals surface area contributed by atoms with Crippen molar-refractivity contribution in [2.45, 2.75) is 43.8 Å². The summed E-state index contributed by atoms with van der Waals surface area (Å²) in [5.41, 5.74) is 8.03. The standard InChI is InChI=1S/C21H27N5O4S/c1-21(2)10-16-18(19(28)23-21)31-20(26(16)30-12-27)25-7-8-29-17-9-14(3-4-15(17)25)24-6-5-13(22)11-24/h3-4,9,12-13,20H,5-8,10-11,22H2,1-2H3,(H,23,28). The van der Waals surface area contributed by atoms with Crippen LogP contribution in [-0.2, 0) is 14.4 Å². The van der Waals surface area contributed by atoms with Crippen LogP contribution in [0.4, 0.5) is 11.4 Å². The van der Waals surface area contributed by atoms with Crippen molar-refractivity contribution in [1.29, 1.82) is 0 Å². The molecule has 2 atom stereocenters. The van der Waals surface area contributed by atoms with E-state index in [1.807, 2.05) is 26.0 Å². The lowest BCUT2D eigenvalue weighted by Crippen LogP contribution is -2.50. The molecule has 0 aliphatic carbocycles. The molecule has 1 amide bonds. The van der Waals surface area contributed by atoms with Crippen LogP contribution < -0.4 is 25.6 Å². The molecule has 10 heteroatoms. The Morgan fingerprint density at radius 3 is 2.94 bits per heavy atom. The third-order valence-electron chi connectivity index (χ3n) is 6.08. The second kappa shape index (κ2) is 7.52. The highest BCUT2D eigenvalue weighted by Crippen LogP contribution is 2.48. The number of nitrogens with zero attached hydrogens (tertiary/aromatic N) is 3. The minimum atomic E-state index is -0.412. The third kappa shape index (κ3) is 3.57. The first kappa shape index (κ1) is 20.3. The van der Waals surface area contributed by atoms with Crippen molar-refractivity contribution in [3.05, 3.63) is 28.8 Å². The van der Waals surface area contributed by atoms with Crippen molar-refractivity contribution >= 4 is 35.5 Å². The minimum Gasteiger partial charge on any atom is -0.489 e. The zero-order valence-electron chi connectivity index (χ0n) is 17.7. The molecule has 1 saturated heterocycles. The maximum absolute atomic E-state index is 12.7. The van der Waals surface area contributed by atoms with E-state index in [4.69, 9.17) is 15.3 Å². The van der Waals surface area contributed by atoms with Gasteiger partial charge in [0.05, 0.1) is 22.8 Å². The highest BCUT2D eigenvalue weighted by Gasteiger charge is 2.47. The molecule has 4 aliphatic heterocycles. The number of fused-ring (bicyclic) bond motifs is 1. The maximum Gasteiger partial charge on any atom is 0.320 e. The molecule has 1 aromatic carbocycles. The summed E-state index contributed by atoms with van der Waals surface area (Å²) in [4.78, 5) is 34.4. The number of hydrogen-bond acceptors (Lipinski definition) is 9. The Morgan fingerprint density at radius 1 is 1.35 bits per heavy atom.